The third-order valence-corrected chi connectivity index (χ3v) is 4.12. The van der Waals surface area contributed by atoms with Crippen molar-refractivity contribution in [3.63, 3.8) is 0 Å². The summed E-state index contributed by atoms with van der Waals surface area (Å²) in [4.78, 5) is 10.8. The molecule has 6 heteroatoms. The first-order valence-electron chi connectivity index (χ1n) is 5.05. The van der Waals surface area contributed by atoms with Crippen LogP contribution in [-0.2, 0) is 4.79 Å². The molecule has 0 aromatic heterocycles. The van der Waals surface area contributed by atoms with Gasteiger partial charge in [0.15, 0.2) is 0 Å². The number of carboxylic acid groups (broad SMARTS) is 1. The molecule has 0 bridgehead atoms. The fourth-order valence-electron chi connectivity index (χ4n) is 1.65. The van der Waals surface area contributed by atoms with Crippen molar-refractivity contribution in [2.45, 2.75) is 11.4 Å². The van der Waals surface area contributed by atoms with Gasteiger partial charge in [-0.2, -0.15) is 0 Å². The molecule has 0 aliphatic carbocycles. The van der Waals surface area contributed by atoms with Crippen molar-refractivity contribution in [1.82, 2.24) is 5.32 Å². The summed E-state index contributed by atoms with van der Waals surface area (Å²) < 4.78 is 5.07. The SMILES string of the molecule is COc1ccc(C2NC(C(=O)O)CS2)cc1Cl. The first-order valence-corrected chi connectivity index (χ1v) is 6.48. The lowest BCUT2D eigenvalue weighted by Crippen LogP contribution is -2.33. The molecule has 1 fully saturated rings. The zero-order valence-electron chi connectivity index (χ0n) is 9.14. The Balaban J connectivity index is 2.14. The number of thioether (sulfide) groups is 1. The number of ether oxygens (including phenoxy) is 1. The summed E-state index contributed by atoms with van der Waals surface area (Å²) in [6, 6.07) is 4.98. The number of rotatable bonds is 3. The van der Waals surface area contributed by atoms with E-state index in [1.165, 1.54) is 0 Å². The molecule has 1 heterocycles. The molecule has 0 radical (unpaired) electrons. The molecule has 17 heavy (non-hydrogen) atoms. The van der Waals surface area contributed by atoms with Gasteiger partial charge in [-0.1, -0.05) is 17.7 Å². The van der Waals surface area contributed by atoms with E-state index in [1.807, 2.05) is 6.07 Å². The molecule has 1 aliphatic heterocycles. The maximum absolute atomic E-state index is 10.8. The van der Waals surface area contributed by atoms with Gasteiger partial charge in [-0.25, -0.2) is 0 Å². The van der Waals surface area contributed by atoms with E-state index in [0.29, 0.717) is 16.5 Å². The summed E-state index contributed by atoms with van der Waals surface area (Å²) in [5, 5.41) is 12.4. The molecule has 2 unspecified atom stereocenters. The summed E-state index contributed by atoms with van der Waals surface area (Å²) in [6.45, 7) is 0. The molecule has 0 spiro atoms. The smallest absolute Gasteiger partial charge is 0.321 e. The molecule has 1 saturated heterocycles. The van der Waals surface area contributed by atoms with Crippen LogP contribution in [0, 0.1) is 0 Å². The highest BCUT2D eigenvalue weighted by Crippen LogP contribution is 2.36. The van der Waals surface area contributed by atoms with E-state index in [0.717, 1.165) is 5.56 Å². The van der Waals surface area contributed by atoms with Crippen molar-refractivity contribution in [3.8, 4) is 5.75 Å². The van der Waals surface area contributed by atoms with Crippen molar-refractivity contribution in [1.29, 1.82) is 0 Å². The van der Waals surface area contributed by atoms with Gasteiger partial charge in [0.2, 0.25) is 0 Å². The normalized spacial score (nSPS) is 23.6. The van der Waals surface area contributed by atoms with Gasteiger partial charge < -0.3 is 9.84 Å². The molecule has 0 saturated carbocycles. The number of carboxylic acids is 1. The van der Waals surface area contributed by atoms with Gasteiger partial charge >= 0.3 is 5.97 Å². The highest BCUT2D eigenvalue weighted by molar-refractivity contribution is 7.99. The zero-order chi connectivity index (χ0) is 12.4. The molecule has 2 atom stereocenters. The van der Waals surface area contributed by atoms with Crippen molar-refractivity contribution in [2.24, 2.45) is 0 Å². The van der Waals surface area contributed by atoms with Crippen LogP contribution in [0.1, 0.15) is 10.9 Å². The zero-order valence-corrected chi connectivity index (χ0v) is 10.7. The Morgan fingerprint density at radius 3 is 2.94 bits per heavy atom. The number of hydrogen-bond acceptors (Lipinski definition) is 4. The Labute approximate surface area is 108 Å². The summed E-state index contributed by atoms with van der Waals surface area (Å²) in [6.07, 6.45) is 0. The Morgan fingerprint density at radius 2 is 2.41 bits per heavy atom. The van der Waals surface area contributed by atoms with Gasteiger partial charge in [0.05, 0.1) is 17.5 Å². The Morgan fingerprint density at radius 1 is 1.65 bits per heavy atom. The van der Waals surface area contributed by atoms with Crippen LogP contribution < -0.4 is 10.1 Å². The molecule has 2 rings (SSSR count). The molecule has 1 aliphatic rings. The van der Waals surface area contributed by atoms with Crippen LogP contribution in [0.4, 0.5) is 0 Å². The van der Waals surface area contributed by atoms with E-state index < -0.39 is 12.0 Å². The standard InChI is InChI=1S/C11H12ClNO3S/c1-16-9-3-2-6(4-7(9)12)10-13-8(5-17-10)11(14)15/h2-4,8,10,13H,5H2,1H3,(H,14,15). The summed E-state index contributed by atoms with van der Waals surface area (Å²) in [7, 11) is 1.56. The third-order valence-electron chi connectivity index (χ3n) is 2.56. The predicted molar refractivity (Wildman–Crippen MR) is 67.8 cm³/mol. The van der Waals surface area contributed by atoms with E-state index >= 15 is 0 Å². The Hall–Kier alpha value is -0.910. The number of benzene rings is 1. The second kappa shape index (κ2) is 5.16. The number of nitrogens with one attached hydrogen (secondary N) is 1. The summed E-state index contributed by atoms with van der Waals surface area (Å²) in [5.74, 6) is 0.358. The number of aliphatic carboxylic acids is 1. The average Bonchev–Trinajstić information content (AvgIpc) is 2.78. The first kappa shape index (κ1) is 12.5. The molecule has 92 valence electrons. The lowest BCUT2D eigenvalue weighted by atomic mass is 10.2. The maximum atomic E-state index is 10.8. The molecule has 2 N–H and O–H groups in total. The largest absolute Gasteiger partial charge is 0.495 e. The van der Waals surface area contributed by atoms with Crippen molar-refractivity contribution in [3.05, 3.63) is 28.8 Å². The van der Waals surface area contributed by atoms with E-state index in [9.17, 15) is 4.79 Å². The highest BCUT2D eigenvalue weighted by atomic mass is 35.5. The number of methoxy groups -OCH3 is 1. The highest BCUT2D eigenvalue weighted by Gasteiger charge is 2.30. The lowest BCUT2D eigenvalue weighted by molar-refractivity contribution is -0.138. The molecule has 1 aromatic rings. The topological polar surface area (TPSA) is 58.6 Å². The Bertz CT molecular complexity index is 441. The van der Waals surface area contributed by atoms with Crippen molar-refractivity contribution >= 4 is 29.3 Å². The molecular formula is C11H12ClNO3S. The molecule has 1 aromatic carbocycles. The van der Waals surface area contributed by atoms with Crippen LogP contribution in [0.5, 0.6) is 5.75 Å². The van der Waals surface area contributed by atoms with Crippen molar-refractivity contribution < 1.29 is 14.6 Å². The van der Waals surface area contributed by atoms with Crippen LogP contribution >= 0.6 is 23.4 Å². The second-order valence-corrected chi connectivity index (χ2v) is 5.21. The van der Waals surface area contributed by atoms with Crippen LogP contribution in [0.25, 0.3) is 0 Å². The Kier molecular flexibility index (Phi) is 3.81. The quantitative estimate of drug-likeness (QED) is 0.884. The van der Waals surface area contributed by atoms with Crippen LogP contribution in [0.3, 0.4) is 0 Å². The van der Waals surface area contributed by atoms with Crippen LogP contribution in [-0.4, -0.2) is 30.0 Å². The second-order valence-electron chi connectivity index (χ2n) is 3.66. The maximum Gasteiger partial charge on any atom is 0.321 e. The van der Waals surface area contributed by atoms with E-state index in [2.05, 4.69) is 5.32 Å². The summed E-state index contributed by atoms with van der Waals surface area (Å²) >= 11 is 7.59. The minimum absolute atomic E-state index is 0.0282. The third kappa shape index (κ3) is 2.68. The number of halogens is 1. The summed E-state index contributed by atoms with van der Waals surface area (Å²) in [5.41, 5.74) is 0.963. The van der Waals surface area contributed by atoms with E-state index in [4.69, 9.17) is 21.4 Å². The average molecular weight is 274 g/mol. The predicted octanol–water partition coefficient (Wildman–Crippen LogP) is 2.14. The minimum atomic E-state index is -0.820. The molecular weight excluding hydrogens is 262 g/mol. The van der Waals surface area contributed by atoms with Gasteiger partial charge in [0.1, 0.15) is 11.8 Å². The lowest BCUT2D eigenvalue weighted by Gasteiger charge is -2.12. The van der Waals surface area contributed by atoms with E-state index in [1.54, 1.807) is 31.0 Å². The van der Waals surface area contributed by atoms with Gasteiger partial charge in [-0.3, -0.25) is 10.1 Å². The van der Waals surface area contributed by atoms with Gasteiger partial charge in [0, 0.05) is 5.75 Å². The van der Waals surface area contributed by atoms with Gasteiger partial charge in [-0.05, 0) is 17.7 Å². The first-order chi connectivity index (χ1) is 8.11. The van der Waals surface area contributed by atoms with Gasteiger partial charge in [0.25, 0.3) is 0 Å². The van der Waals surface area contributed by atoms with Crippen LogP contribution in [0.15, 0.2) is 18.2 Å². The van der Waals surface area contributed by atoms with E-state index in [-0.39, 0.29) is 5.37 Å². The van der Waals surface area contributed by atoms with Crippen LogP contribution in [0.2, 0.25) is 5.02 Å². The fourth-order valence-corrected chi connectivity index (χ4v) is 3.14. The number of hydrogen-bond donors (Lipinski definition) is 2. The molecule has 4 nitrogen and oxygen atoms in total. The fraction of sp³-hybridized carbons (Fsp3) is 0.364. The van der Waals surface area contributed by atoms with Gasteiger partial charge in [-0.15, -0.1) is 11.8 Å². The number of carbonyl (C=O) groups is 1. The molecule has 0 amide bonds. The minimum Gasteiger partial charge on any atom is -0.495 e. The van der Waals surface area contributed by atoms with Crippen molar-refractivity contribution in [2.75, 3.05) is 12.9 Å². The monoisotopic (exact) mass is 273 g/mol.